The minimum Gasteiger partial charge on any atom is -0.494 e. The molecular weight excluding hydrogens is 549 g/mol. The summed E-state index contributed by atoms with van der Waals surface area (Å²) < 4.78 is 12.5. The number of esters is 1. The molecule has 4 aromatic rings. The van der Waals surface area contributed by atoms with Crippen LogP contribution in [0, 0.1) is 0 Å². The third-order valence-corrected chi connectivity index (χ3v) is 6.68. The molecule has 0 unspecified atom stereocenters. The molecule has 0 atom stereocenters. The summed E-state index contributed by atoms with van der Waals surface area (Å²) in [5, 5.41) is 0.991. The summed E-state index contributed by atoms with van der Waals surface area (Å²) in [5.41, 5.74) is 3.76. The number of halogens is 2. The van der Waals surface area contributed by atoms with Gasteiger partial charge in [0.1, 0.15) is 5.75 Å². The monoisotopic (exact) mass is 585 g/mol. The van der Waals surface area contributed by atoms with E-state index in [9.17, 15) is 9.59 Å². The van der Waals surface area contributed by atoms with E-state index in [2.05, 4.69) is 22.0 Å². The second-order valence-corrected chi connectivity index (χ2v) is 9.44. The number of hydrogen-bond acceptors (Lipinski definition) is 6. The number of pyridine rings is 2. The van der Waals surface area contributed by atoms with Crippen LogP contribution in [0.15, 0.2) is 83.9 Å². The van der Waals surface area contributed by atoms with Crippen LogP contribution in [0.25, 0.3) is 10.9 Å². The van der Waals surface area contributed by atoms with Crippen molar-refractivity contribution < 1.29 is 14.3 Å². The molecular formula is C31H37Cl2N3O4. The van der Waals surface area contributed by atoms with Gasteiger partial charge in [0.25, 0.3) is 5.56 Å². The van der Waals surface area contributed by atoms with E-state index in [1.807, 2.05) is 48.7 Å². The SMILES string of the molecule is COC(=O)c1cccc(CN(CCCCCOc2ccc3c(ccc(=O)n3C)c2)CCc2cccnc2)c1.Cl.Cl. The van der Waals surface area contributed by atoms with Gasteiger partial charge in [0.05, 0.1) is 24.8 Å². The third-order valence-electron chi connectivity index (χ3n) is 6.68. The molecule has 40 heavy (non-hydrogen) atoms. The van der Waals surface area contributed by atoms with Crippen molar-refractivity contribution in [2.45, 2.75) is 32.2 Å². The molecule has 0 radical (unpaired) electrons. The van der Waals surface area contributed by atoms with Crippen LogP contribution in [0.3, 0.4) is 0 Å². The number of carbonyl (C=O) groups is 1. The van der Waals surface area contributed by atoms with Crippen molar-refractivity contribution in [1.29, 1.82) is 0 Å². The minimum atomic E-state index is -0.316. The number of unbranched alkanes of at least 4 members (excludes halogenated alkanes) is 2. The molecule has 0 spiro atoms. The molecule has 0 aliphatic heterocycles. The standard InChI is InChI=1S/C31H35N3O4.2ClH/c1-33-29-13-12-28(21-26(29)11-14-30(33)35)38-19-5-3-4-17-34(18-15-24-9-7-16-32-22-24)23-25-8-6-10-27(20-25)31(36)37-2;;/h6-14,16,20-22H,3-5,15,17-19,23H2,1-2H3;2*1H. The Morgan fingerprint density at radius 3 is 2.52 bits per heavy atom. The number of aryl methyl sites for hydroxylation is 1. The van der Waals surface area contributed by atoms with Crippen molar-refractivity contribution in [1.82, 2.24) is 14.5 Å². The molecule has 2 aromatic carbocycles. The minimum absolute atomic E-state index is 0. The van der Waals surface area contributed by atoms with Crippen LogP contribution in [0.4, 0.5) is 0 Å². The average Bonchev–Trinajstić information content (AvgIpc) is 2.95. The van der Waals surface area contributed by atoms with Gasteiger partial charge < -0.3 is 14.0 Å². The Labute approximate surface area is 248 Å². The molecule has 4 rings (SSSR count). The maximum atomic E-state index is 12.0. The topological polar surface area (TPSA) is 73.7 Å². The number of carbonyl (C=O) groups excluding carboxylic acids is 1. The van der Waals surface area contributed by atoms with Gasteiger partial charge in [0, 0.05) is 44.0 Å². The first-order valence-electron chi connectivity index (χ1n) is 13.0. The smallest absolute Gasteiger partial charge is 0.337 e. The number of rotatable bonds is 13. The summed E-state index contributed by atoms with van der Waals surface area (Å²) in [7, 11) is 3.18. The Bertz CT molecular complexity index is 1410. The van der Waals surface area contributed by atoms with Crippen molar-refractivity contribution in [3.05, 3.63) is 106 Å². The van der Waals surface area contributed by atoms with Crippen LogP contribution in [-0.4, -0.2) is 47.2 Å². The summed E-state index contributed by atoms with van der Waals surface area (Å²) in [6, 6.07) is 21.0. The maximum absolute atomic E-state index is 12.0. The molecule has 2 aromatic heterocycles. The van der Waals surface area contributed by atoms with Gasteiger partial charge in [0.15, 0.2) is 0 Å². The number of methoxy groups -OCH3 is 1. The largest absolute Gasteiger partial charge is 0.494 e. The van der Waals surface area contributed by atoms with Gasteiger partial charge in [-0.2, -0.15) is 0 Å². The first-order chi connectivity index (χ1) is 18.5. The third kappa shape index (κ3) is 9.37. The maximum Gasteiger partial charge on any atom is 0.337 e. The van der Waals surface area contributed by atoms with E-state index in [0.717, 1.165) is 67.5 Å². The van der Waals surface area contributed by atoms with Gasteiger partial charge in [-0.25, -0.2) is 4.79 Å². The zero-order chi connectivity index (χ0) is 26.7. The van der Waals surface area contributed by atoms with Crippen LogP contribution in [-0.2, 0) is 24.8 Å². The Balaban J connectivity index is 0.00000280. The highest BCUT2D eigenvalue weighted by molar-refractivity contribution is 5.89. The van der Waals surface area contributed by atoms with Gasteiger partial charge in [0.2, 0.25) is 0 Å². The molecule has 9 heteroatoms. The zero-order valence-corrected chi connectivity index (χ0v) is 24.6. The fourth-order valence-corrected chi connectivity index (χ4v) is 4.53. The van der Waals surface area contributed by atoms with Gasteiger partial charge in [-0.1, -0.05) is 18.2 Å². The van der Waals surface area contributed by atoms with Gasteiger partial charge in [-0.15, -0.1) is 24.8 Å². The number of nitrogens with zero attached hydrogens (tertiary/aromatic N) is 3. The molecule has 0 aliphatic rings. The van der Waals surface area contributed by atoms with E-state index in [1.165, 1.54) is 12.7 Å². The lowest BCUT2D eigenvalue weighted by Crippen LogP contribution is -2.27. The predicted octanol–water partition coefficient (Wildman–Crippen LogP) is 5.86. The van der Waals surface area contributed by atoms with Crippen LogP contribution >= 0.6 is 24.8 Å². The van der Waals surface area contributed by atoms with Crippen molar-refractivity contribution in [2.75, 3.05) is 26.8 Å². The number of benzene rings is 2. The highest BCUT2D eigenvalue weighted by atomic mass is 35.5. The van der Waals surface area contributed by atoms with E-state index < -0.39 is 0 Å². The summed E-state index contributed by atoms with van der Waals surface area (Å²) in [6.45, 7) is 3.27. The molecule has 0 aliphatic carbocycles. The normalized spacial score (nSPS) is 10.6. The van der Waals surface area contributed by atoms with E-state index in [4.69, 9.17) is 9.47 Å². The fraction of sp³-hybridized carbons (Fsp3) is 0.323. The molecule has 2 heterocycles. The quantitative estimate of drug-likeness (QED) is 0.144. The van der Waals surface area contributed by atoms with E-state index in [-0.39, 0.29) is 36.3 Å². The van der Waals surface area contributed by atoms with Crippen LogP contribution in [0.1, 0.15) is 40.7 Å². The number of ether oxygens (including phenoxy) is 2. The van der Waals surface area contributed by atoms with Crippen molar-refractivity contribution >= 4 is 41.7 Å². The zero-order valence-electron chi connectivity index (χ0n) is 23.0. The van der Waals surface area contributed by atoms with Crippen molar-refractivity contribution in [3.63, 3.8) is 0 Å². The first kappa shape index (κ1) is 32.8. The number of aromatic nitrogens is 2. The number of fused-ring (bicyclic) bond motifs is 1. The molecule has 0 saturated carbocycles. The lowest BCUT2D eigenvalue weighted by atomic mass is 10.1. The lowest BCUT2D eigenvalue weighted by Gasteiger charge is -2.23. The average molecular weight is 587 g/mol. The van der Waals surface area contributed by atoms with Crippen molar-refractivity contribution in [3.8, 4) is 5.75 Å². The van der Waals surface area contributed by atoms with Gasteiger partial charge in [-0.3, -0.25) is 14.7 Å². The van der Waals surface area contributed by atoms with E-state index in [0.29, 0.717) is 12.2 Å². The van der Waals surface area contributed by atoms with Crippen LogP contribution in [0.5, 0.6) is 5.75 Å². The van der Waals surface area contributed by atoms with Crippen molar-refractivity contribution in [2.24, 2.45) is 7.05 Å². The molecule has 0 saturated heterocycles. The summed E-state index contributed by atoms with van der Waals surface area (Å²) in [4.78, 5) is 30.4. The summed E-state index contributed by atoms with van der Waals surface area (Å²) >= 11 is 0. The molecule has 0 amide bonds. The first-order valence-corrected chi connectivity index (χ1v) is 13.0. The van der Waals surface area contributed by atoms with E-state index in [1.54, 1.807) is 29.9 Å². The summed E-state index contributed by atoms with van der Waals surface area (Å²) in [5.74, 6) is 0.504. The fourth-order valence-electron chi connectivity index (χ4n) is 4.53. The Morgan fingerprint density at radius 2 is 1.75 bits per heavy atom. The Morgan fingerprint density at radius 1 is 0.925 bits per heavy atom. The molecule has 214 valence electrons. The number of hydrogen-bond donors (Lipinski definition) is 0. The Hall–Kier alpha value is -3.39. The van der Waals surface area contributed by atoms with Crippen LogP contribution in [0.2, 0.25) is 0 Å². The molecule has 7 nitrogen and oxygen atoms in total. The predicted molar refractivity (Wildman–Crippen MR) is 164 cm³/mol. The highest BCUT2D eigenvalue weighted by Crippen LogP contribution is 2.20. The van der Waals surface area contributed by atoms with Gasteiger partial charge in [-0.05, 0) is 85.8 Å². The molecule has 0 bridgehead atoms. The lowest BCUT2D eigenvalue weighted by molar-refractivity contribution is 0.0600. The van der Waals surface area contributed by atoms with Crippen LogP contribution < -0.4 is 10.3 Å². The molecule has 0 N–H and O–H groups in total. The van der Waals surface area contributed by atoms with Gasteiger partial charge >= 0.3 is 5.97 Å². The second-order valence-electron chi connectivity index (χ2n) is 9.44. The highest BCUT2D eigenvalue weighted by Gasteiger charge is 2.10. The second kappa shape index (κ2) is 16.7. The van der Waals surface area contributed by atoms with E-state index >= 15 is 0 Å². The summed E-state index contributed by atoms with van der Waals surface area (Å²) in [6.07, 6.45) is 7.68. The molecule has 0 fully saturated rings. The Kier molecular flexibility index (Phi) is 13.7.